The average molecular weight is 394 g/mol. The van der Waals surface area contributed by atoms with Gasteiger partial charge in [-0.15, -0.1) is 23.7 Å². The summed E-state index contributed by atoms with van der Waals surface area (Å²) in [5.74, 6) is -0.120. The quantitative estimate of drug-likeness (QED) is 0.696. The van der Waals surface area contributed by atoms with Crippen molar-refractivity contribution in [1.82, 2.24) is 10.3 Å². The SMILES string of the molecule is CNCCCC(=O)Nc1ncc(Cc2cccc(C(F)(F)F)c2)s1.Cl. The fourth-order valence-corrected chi connectivity index (χ4v) is 2.98. The highest BCUT2D eigenvalue weighted by atomic mass is 35.5. The molecule has 0 atom stereocenters. The molecule has 1 aromatic heterocycles. The van der Waals surface area contributed by atoms with Crippen LogP contribution in [0.3, 0.4) is 0 Å². The third-order valence-electron chi connectivity index (χ3n) is 3.26. The summed E-state index contributed by atoms with van der Waals surface area (Å²) in [5.41, 5.74) is -0.108. The van der Waals surface area contributed by atoms with E-state index in [2.05, 4.69) is 15.6 Å². The number of carbonyl (C=O) groups is 1. The summed E-state index contributed by atoms with van der Waals surface area (Å²) in [5, 5.41) is 6.13. The highest BCUT2D eigenvalue weighted by molar-refractivity contribution is 7.15. The van der Waals surface area contributed by atoms with Gasteiger partial charge in [-0.25, -0.2) is 4.98 Å². The predicted octanol–water partition coefficient (Wildman–Crippen LogP) is 4.11. The van der Waals surface area contributed by atoms with E-state index >= 15 is 0 Å². The molecule has 2 rings (SSSR count). The molecule has 0 radical (unpaired) electrons. The van der Waals surface area contributed by atoms with Gasteiger partial charge in [0.1, 0.15) is 0 Å². The Morgan fingerprint density at radius 2 is 2.08 bits per heavy atom. The molecule has 138 valence electrons. The van der Waals surface area contributed by atoms with Crippen LogP contribution in [-0.2, 0) is 17.4 Å². The molecule has 1 aromatic carbocycles. The molecule has 0 bridgehead atoms. The Balaban J connectivity index is 0.00000312. The molecule has 0 saturated carbocycles. The van der Waals surface area contributed by atoms with Crippen molar-refractivity contribution in [2.75, 3.05) is 18.9 Å². The minimum Gasteiger partial charge on any atom is -0.320 e. The van der Waals surface area contributed by atoms with Crippen molar-refractivity contribution in [3.8, 4) is 0 Å². The molecule has 9 heteroatoms. The summed E-state index contributed by atoms with van der Waals surface area (Å²) in [6.45, 7) is 0.756. The van der Waals surface area contributed by atoms with Crippen LogP contribution in [0.15, 0.2) is 30.5 Å². The van der Waals surface area contributed by atoms with Gasteiger partial charge >= 0.3 is 6.18 Å². The van der Waals surface area contributed by atoms with E-state index in [9.17, 15) is 18.0 Å². The number of carbonyl (C=O) groups excluding carboxylic acids is 1. The number of halogens is 4. The Morgan fingerprint density at radius 1 is 1.32 bits per heavy atom. The molecule has 0 spiro atoms. The molecular weight excluding hydrogens is 375 g/mol. The highest BCUT2D eigenvalue weighted by Crippen LogP contribution is 2.30. The number of nitrogens with zero attached hydrogens (tertiary/aromatic N) is 1. The first-order valence-corrected chi connectivity index (χ1v) is 8.25. The minimum absolute atomic E-state index is 0. The van der Waals surface area contributed by atoms with Gasteiger partial charge in [-0.1, -0.05) is 18.2 Å². The lowest BCUT2D eigenvalue weighted by Crippen LogP contribution is -2.14. The topological polar surface area (TPSA) is 54.0 Å². The average Bonchev–Trinajstić information content (AvgIpc) is 2.94. The van der Waals surface area contributed by atoms with Crippen LogP contribution in [0.2, 0.25) is 0 Å². The van der Waals surface area contributed by atoms with Crippen LogP contribution >= 0.6 is 23.7 Å². The van der Waals surface area contributed by atoms with Crippen LogP contribution in [0, 0.1) is 0 Å². The minimum atomic E-state index is -4.35. The van der Waals surface area contributed by atoms with Crippen molar-refractivity contribution in [3.63, 3.8) is 0 Å². The van der Waals surface area contributed by atoms with E-state index in [1.54, 1.807) is 12.3 Å². The number of aromatic nitrogens is 1. The van der Waals surface area contributed by atoms with Crippen molar-refractivity contribution < 1.29 is 18.0 Å². The fraction of sp³-hybridized carbons (Fsp3) is 0.375. The zero-order valence-corrected chi connectivity index (χ0v) is 15.2. The summed E-state index contributed by atoms with van der Waals surface area (Å²) >= 11 is 1.27. The Hall–Kier alpha value is -1.64. The summed E-state index contributed by atoms with van der Waals surface area (Å²) < 4.78 is 38.2. The normalized spacial score (nSPS) is 11.0. The number of rotatable bonds is 7. The second kappa shape index (κ2) is 9.74. The standard InChI is InChI=1S/C16H18F3N3OS.ClH/c1-20-7-3-6-14(23)22-15-21-10-13(24-15)9-11-4-2-5-12(8-11)16(17,18)19;/h2,4-5,8,10,20H,3,6-7,9H2,1H3,(H,21,22,23);1H. The smallest absolute Gasteiger partial charge is 0.320 e. The number of anilines is 1. The van der Waals surface area contributed by atoms with E-state index in [4.69, 9.17) is 0 Å². The van der Waals surface area contributed by atoms with Gasteiger partial charge in [-0.05, 0) is 31.6 Å². The summed E-state index contributed by atoms with van der Waals surface area (Å²) in [4.78, 5) is 16.6. The van der Waals surface area contributed by atoms with Gasteiger partial charge in [0.05, 0.1) is 5.56 Å². The van der Waals surface area contributed by atoms with Gasteiger partial charge in [0, 0.05) is 23.9 Å². The van der Waals surface area contributed by atoms with Crippen molar-refractivity contribution in [2.24, 2.45) is 0 Å². The van der Waals surface area contributed by atoms with Gasteiger partial charge in [0.2, 0.25) is 5.91 Å². The summed E-state index contributed by atoms with van der Waals surface area (Å²) in [7, 11) is 1.82. The Bertz CT molecular complexity index is 691. The largest absolute Gasteiger partial charge is 0.416 e. The number of hydrogen-bond acceptors (Lipinski definition) is 4. The lowest BCUT2D eigenvalue weighted by atomic mass is 10.1. The van der Waals surface area contributed by atoms with Crippen molar-refractivity contribution in [1.29, 1.82) is 0 Å². The van der Waals surface area contributed by atoms with E-state index < -0.39 is 11.7 Å². The van der Waals surface area contributed by atoms with Crippen molar-refractivity contribution >= 4 is 34.8 Å². The Labute approximate surface area is 154 Å². The molecule has 4 nitrogen and oxygen atoms in total. The van der Waals surface area contributed by atoms with E-state index in [1.807, 2.05) is 7.05 Å². The number of nitrogens with one attached hydrogen (secondary N) is 2. The Kier molecular flexibility index (Phi) is 8.34. The van der Waals surface area contributed by atoms with E-state index in [-0.39, 0.29) is 18.3 Å². The molecular formula is C16H19ClF3N3OS. The number of benzene rings is 1. The third-order valence-corrected chi connectivity index (χ3v) is 4.18. The lowest BCUT2D eigenvalue weighted by molar-refractivity contribution is -0.137. The maximum atomic E-state index is 12.7. The first-order chi connectivity index (χ1) is 11.4. The van der Waals surface area contributed by atoms with Gasteiger partial charge in [-0.2, -0.15) is 13.2 Å². The van der Waals surface area contributed by atoms with E-state index in [0.29, 0.717) is 23.5 Å². The van der Waals surface area contributed by atoms with E-state index in [1.165, 1.54) is 17.4 Å². The van der Waals surface area contributed by atoms with Crippen LogP contribution < -0.4 is 10.6 Å². The predicted molar refractivity (Wildman–Crippen MR) is 95.4 cm³/mol. The molecule has 2 N–H and O–H groups in total. The van der Waals surface area contributed by atoms with Gasteiger partial charge in [-0.3, -0.25) is 4.79 Å². The van der Waals surface area contributed by atoms with Crippen LogP contribution in [0.4, 0.5) is 18.3 Å². The molecule has 0 aliphatic heterocycles. The second-order valence-corrected chi connectivity index (χ2v) is 6.38. The zero-order chi connectivity index (χ0) is 17.6. The third kappa shape index (κ3) is 7.01. The van der Waals surface area contributed by atoms with Crippen LogP contribution in [-0.4, -0.2) is 24.5 Å². The molecule has 0 aliphatic carbocycles. The Morgan fingerprint density at radius 3 is 2.76 bits per heavy atom. The molecule has 0 aliphatic rings. The van der Waals surface area contributed by atoms with Crippen molar-refractivity contribution in [3.05, 3.63) is 46.5 Å². The van der Waals surface area contributed by atoms with Crippen LogP contribution in [0.5, 0.6) is 0 Å². The maximum Gasteiger partial charge on any atom is 0.416 e. The monoisotopic (exact) mass is 393 g/mol. The van der Waals surface area contributed by atoms with Gasteiger partial charge in [0.15, 0.2) is 5.13 Å². The van der Waals surface area contributed by atoms with Crippen molar-refractivity contribution in [2.45, 2.75) is 25.4 Å². The second-order valence-electron chi connectivity index (χ2n) is 5.26. The fourth-order valence-electron chi connectivity index (χ4n) is 2.11. The highest BCUT2D eigenvalue weighted by Gasteiger charge is 2.30. The molecule has 2 aromatic rings. The zero-order valence-electron chi connectivity index (χ0n) is 13.5. The summed E-state index contributed by atoms with van der Waals surface area (Å²) in [6.07, 6.45) is -1.31. The van der Waals surface area contributed by atoms with Crippen LogP contribution in [0.25, 0.3) is 0 Å². The first-order valence-electron chi connectivity index (χ1n) is 7.44. The number of thiazole rings is 1. The van der Waals surface area contributed by atoms with Gasteiger partial charge in [0.25, 0.3) is 0 Å². The molecule has 0 saturated heterocycles. The number of amides is 1. The van der Waals surface area contributed by atoms with Gasteiger partial charge < -0.3 is 10.6 Å². The number of alkyl halides is 3. The molecule has 0 unspecified atom stereocenters. The maximum absolute atomic E-state index is 12.7. The van der Waals surface area contributed by atoms with E-state index in [0.717, 1.165) is 30.0 Å². The summed E-state index contributed by atoms with van der Waals surface area (Å²) in [6, 6.07) is 5.22. The lowest BCUT2D eigenvalue weighted by Gasteiger charge is -2.07. The molecule has 0 fully saturated rings. The molecule has 1 heterocycles. The molecule has 25 heavy (non-hydrogen) atoms. The van der Waals surface area contributed by atoms with Crippen LogP contribution in [0.1, 0.15) is 28.8 Å². The molecule has 1 amide bonds. The number of hydrogen-bond donors (Lipinski definition) is 2. The first kappa shape index (κ1) is 21.4.